The van der Waals surface area contributed by atoms with E-state index in [1.807, 2.05) is 24.3 Å². The predicted molar refractivity (Wildman–Crippen MR) is 88.9 cm³/mol. The third kappa shape index (κ3) is 5.53. The van der Waals surface area contributed by atoms with Crippen molar-refractivity contribution in [3.8, 4) is 5.75 Å². The third-order valence-electron chi connectivity index (χ3n) is 4.23. The van der Waals surface area contributed by atoms with E-state index in [-0.39, 0.29) is 18.9 Å². The summed E-state index contributed by atoms with van der Waals surface area (Å²) in [7, 11) is 0. The lowest BCUT2D eigenvalue weighted by molar-refractivity contribution is -0.156. The number of hydrogen-bond donors (Lipinski definition) is 3. The van der Waals surface area contributed by atoms with E-state index in [1.54, 1.807) is 0 Å². The first-order valence-corrected chi connectivity index (χ1v) is 8.35. The maximum Gasteiger partial charge on any atom is 0.337 e. The minimum Gasteiger partial charge on any atom is -0.490 e. The highest BCUT2D eigenvalue weighted by Gasteiger charge is 2.30. The van der Waals surface area contributed by atoms with Crippen molar-refractivity contribution in [3.63, 3.8) is 0 Å². The molecule has 1 amide bonds. The number of carboxylic acids is 1. The van der Waals surface area contributed by atoms with E-state index in [2.05, 4.69) is 5.32 Å². The molecule has 1 aliphatic carbocycles. The number of aliphatic hydroxyl groups is 1. The molecular weight excluding hydrogens is 310 g/mol. The second-order valence-corrected chi connectivity index (χ2v) is 6.53. The standard InChI is InChI=1S/C18H25NO5/c1-18(23,17(21)22)12-19-16(20)10-9-13-5-4-8-15(11-13)24-14-6-2-3-7-14/h4-5,8,11,14,23H,2-3,6-7,9-10,12H2,1H3,(H,19,20)(H,21,22). The molecule has 0 bridgehead atoms. The second kappa shape index (κ2) is 8.15. The number of nitrogens with one attached hydrogen (secondary N) is 1. The van der Waals surface area contributed by atoms with Crippen LogP contribution in [0.5, 0.6) is 5.75 Å². The van der Waals surface area contributed by atoms with Crippen molar-refractivity contribution in [2.24, 2.45) is 0 Å². The molecule has 0 aromatic heterocycles. The lowest BCUT2D eigenvalue weighted by Gasteiger charge is -2.18. The van der Waals surface area contributed by atoms with Crippen molar-refractivity contribution in [1.82, 2.24) is 5.32 Å². The normalized spacial score (nSPS) is 17.2. The number of carbonyl (C=O) groups is 2. The molecule has 1 aromatic carbocycles. The summed E-state index contributed by atoms with van der Waals surface area (Å²) >= 11 is 0. The van der Waals surface area contributed by atoms with Gasteiger partial charge in [-0.1, -0.05) is 12.1 Å². The van der Waals surface area contributed by atoms with E-state index in [9.17, 15) is 14.7 Å². The molecule has 1 atom stereocenters. The first kappa shape index (κ1) is 18.3. The van der Waals surface area contributed by atoms with Crippen LogP contribution < -0.4 is 10.1 Å². The third-order valence-corrected chi connectivity index (χ3v) is 4.23. The zero-order chi connectivity index (χ0) is 17.6. The van der Waals surface area contributed by atoms with Crippen LogP contribution in [0, 0.1) is 0 Å². The Hall–Kier alpha value is -2.08. The summed E-state index contributed by atoms with van der Waals surface area (Å²) in [5, 5.41) is 20.8. The minimum atomic E-state index is -1.95. The topological polar surface area (TPSA) is 95.9 Å². The minimum absolute atomic E-state index is 0.225. The molecule has 1 aromatic rings. The van der Waals surface area contributed by atoms with Gasteiger partial charge in [-0.25, -0.2) is 4.79 Å². The highest BCUT2D eigenvalue weighted by molar-refractivity contribution is 5.80. The van der Waals surface area contributed by atoms with Gasteiger partial charge in [0.15, 0.2) is 5.60 Å². The van der Waals surface area contributed by atoms with E-state index in [0.29, 0.717) is 12.5 Å². The van der Waals surface area contributed by atoms with Gasteiger partial charge in [-0.3, -0.25) is 4.79 Å². The monoisotopic (exact) mass is 335 g/mol. The molecule has 132 valence electrons. The SMILES string of the molecule is CC(O)(CNC(=O)CCc1cccc(OC2CCCC2)c1)C(=O)O. The molecular formula is C18H25NO5. The summed E-state index contributed by atoms with van der Waals surface area (Å²) < 4.78 is 5.94. The molecule has 1 saturated carbocycles. The lowest BCUT2D eigenvalue weighted by atomic mass is 10.1. The molecule has 6 nitrogen and oxygen atoms in total. The summed E-state index contributed by atoms with van der Waals surface area (Å²) in [5.74, 6) is -0.827. The fourth-order valence-electron chi connectivity index (χ4n) is 2.67. The molecule has 0 heterocycles. The van der Waals surface area contributed by atoms with E-state index in [1.165, 1.54) is 12.8 Å². The number of benzene rings is 1. The quantitative estimate of drug-likeness (QED) is 0.674. The van der Waals surface area contributed by atoms with Gasteiger partial charge in [-0.2, -0.15) is 0 Å². The fourth-order valence-corrected chi connectivity index (χ4v) is 2.67. The molecule has 0 spiro atoms. The van der Waals surface area contributed by atoms with Crippen LogP contribution in [0.25, 0.3) is 0 Å². The summed E-state index contributed by atoms with van der Waals surface area (Å²) in [4.78, 5) is 22.6. The molecule has 1 fully saturated rings. The van der Waals surface area contributed by atoms with Gasteiger partial charge in [0.05, 0.1) is 12.6 Å². The first-order valence-electron chi connectivity index (χ1n) is 8.35. The molecule has 24 heavy (non-hydrogen) atoms. The maximum absolute atomic E-state index is 11.8. The van der Waals surface area contributed by atoms with Crippen LogP contribution in [0.1, 0.15) is 44.6 Å². The summed E-state index contributed by atoms with van der Waals surface area (Å²) in [5.41, 5.74) is -0.962. The van der Waals surface area contributed by atoms with Crippen LogP contribution in [0.15, 0.2) is 24.3 Å². The number of carboxylic acid groups (broad SMARTS) is 1. The van der Waals surface area contributed by atoms with Gasteiger partial charge in [0.1, 0.15) is 5.75 Å². The smallest absolute Gasteiger partial charge is 0.337 e. The number of rotatable bonds is 8. The van der Waals surface area contributed by atoms with Crippen LogP contribution in [0.4, 0.5) is 0 Å². The van der Waals surface area contributed by atoms with Crippen LogP contribution >= 0.6 is 0 Å². The summed E-state index contributed by atoms with van der Waals surface area (Å²) in [6, 6.07) is 7.71. The van der Waals surface area contributed by atoms with E-state index >= 15 is 0 Å². The van der Waals surface area contributed by atoms with Gasteiger partial charge < -0.3 is 20.3 Å². The average Bonchev–Trinajstić information content (AvgIpc) is 3.04. The largest absolute Gasteiger partial charge is 0.490 e. The van der Waals surface area contributed by atoms with Gasteiger partial charge in [0.2, 0.25) is 5.91 Å². The van der Waals surface area contributed by atoms with Crippen LogP contribution in [0.3, 0.4) is 0 Å². The number of carbonyl (C=O) groups excluding carboxylic acids is 1. The van der Waals surface area contributed by atoms with Crippen molar-refractivity contribution in [2.45, 2.75) is 57.2 Å². The molecule has 3 N–H and O–H groups in total. The zero-order valence-electron chi connectivity index (χ0n) is 14.0. The molecule has 0 saturated heterocycles. The van der Waals surface area contributed by atoms with Crippen molar-refractivity contribution >= 4 is 11.9 Å². The van der Waals surface area contributed by atoms with Gasteiger partial charge >= 0.3 is 5.97 Å². The van der Waals surface area contributed by atoms with Crippen molar-refractivity contribution in [3.05, 3.63) is 29.8 Å². The van der Waals surface area contributed by atoms with Crippen molar-refractivity contribution < 1.29 is 24.5 Å². The molecule has 0 aliphatic heterocycles. The Morgan fingerprint density at radius 3 is 2.71 bits per heavy atom. The van der Waals surface area contributed by atoms with Gasteiger partial charge in [0, 0.05) is 6.42 Å². The Morgan fingerprint density at radius 1 is 1.33 bits per heavy atom. The molecule has 0 radical (unpaired) electrons. The zero-order valence-corrected chi connectivity index (χ0v) is 14.0. The number of hydrogen-bond acceptors (Lipinski definition) is 4. The molecule has 2 rings (SSSR count). The van der Waals surface area contributed by atoms with Crippen LogP contribution in [0.2, 0.25) is 0 Å². The number of ether oxygens (including phenoxy) is 1. The summed E-state index contributed by atoms with van der Waals surface area (Å²) in [6.07, 6.45) is 5.66. The highest BCUT2D eigenvalue weighted by Crippen LogP contribution is 2.24. The number of amides is 1. The van der Waals surface area contributed by atoms with Crippen LogP contribution in [-0.2, 0) is 16.0 Å². The van der Waals surface area contributed by atoms with E-state index in [0.717, 1.165) is 31.1 Å². The van der Waals surface area contributed by atoms with Crippen LogP contribution in [-0.4, -0.2) is 40.3 Å². The van der Waals surface area contributed by atoms with E-state index in [4.69, 9.17) is 9.84 Å². The van der Waals surface area contributed by atoms with Gasteiger partial charge in [-0.15, -0.1) is 0 Å². The highest BCUT2D eigenvalue weighted by atomic mass is 16.5. The fraction of sp³-hybridized carbons (Fsp3) is 0.556. The van der Waals surface area contributed by atoms with Crippen molar-refractivity contribution in [1.29, 1.82) is 0 Å². The Bertz CT molecular complexity index is 579. The van der Waals surface area contributed by atoms with Crippen molar-refractivity contribution in [2.75, 3.05) is 6.54 Å². The average molecular weight is 335 g/mol. The molecule has 6 heteroatoms. The lowest BCUT2D eigenvalue weighted by Crippen LogP contribution is -2.46. The summed E-state index contributed by atoms with van der Waals surface area (Å²) in [6.45, 7) is 0.839. The van der Waals surface area contributed by atoms with Gasteiger partial charge in [-0.05, 0) is 56.7 Å². The Morgan fingerprint density at radius 2 is 2.04 bits per heavy atom. The van der Waals surface area contributed by atoms with E-state index < -0.39 is 11.6 Å². The Balaban J connectivity index is 1.79. The first-order chi connectivity index (χ1) is 11.4. The molecule has 1 aliphatic rings. The number of aliphatic carboxylic acids is 1. The Labute approximate surface area is 141 Å². The maximum atomic E-state index is 11.8. The van der Waals surface area contributed by atoms with Gasteiger partial charge in [0.25, 0.3) is 0 Å². The second-order valence-electron chi connectivity index (χ2n) is 6.53. The predicted octanol–water partition coefficient (Wildman–Crippen LogP) is 1.89. The Kier molecular flexibility index (Phi) is 6.20. The molecule has 1 unspecified atom stereocenters. The number of aryl methyl sites for hydroxylation is 1.